The van der Waals surface area contributed by atoms with Crippen molar-refractivity contribution >= 4 is 5.91 Å². The Morgan fingerprint density at radius 2 is 2.08 bits per heavy atom. The summed E-state index contributed by atoms with van der Waals surface area (Å²) in [4.78, 5) is 19.4. The van der Waals surface area contributed by atoms with Crippen LogP contribution in [0.4, 0.5) is 4.39 Å². The minimum absolute atomic E-state index is 0.0426. The molecule has 1 aliphatic carbocycles. The number of rotatable bonds is 3. The summed E-state index contributed by atoms with van der Waals surface area (Å²) in [6, 6.07) is 8.30. The lowest BCUT2D eigenvalue weighted by atomic mass is 9.91. The van der Waals surface area contributed by atoms with Crippen LogP contribution in [0.25, 0.3) is 0 Å². The molecule has 0 spiro atoms. The van der Waals surface area contributed by atoms with Crippen molar-refractivity contribution in [3.63, 3.8) is 0 Å². The van der Waals surface area contributed by atoms with Gasteiger partial charge in [0.2, 0.25) is 0 Å². The number of fused-ring (bicyclic) bond motifs is 1. The first kappa shape index (κ1) is 17.2. The van der Waals surface area contributed by atoms with Gasteiger partial charge >= 0.3 is 0 Å². The number of aryl methyl sites for hydroxylation is 1. The third kappa shape index (κ3) is 3.12. The number of carbonyl (C=O) groups is 1. The van der Waals surface area contributed by atoms with E-state index in [4.69, 9.17) is 0 Å². The Morgan fingerprint density at radius 3 is 2.85 bits per heavy atom. The number of nitrogens with zero attached hydrogens (tertiary/aromatic N) is 2. The van der Waals surface area contributed by atoms with Crippen LogP contribution >= 0.6 is 0 Å². The van der Waals surface area contributed by atoms with Crippen molar-refractivity contribution in [1.29, 1.82) is 0 Å². The molecule has 2 heterocycles. The van der Waals surface area contributed by atoms with Crippen LogP contribution in [0.1, 0.15) is 58.6 Å². The fraction of sp³-hybridized carbons (Fsp3) is 0.429. The normalized spacial score (nSPS) is 22.6. The van der Waals surface area contributed by atoms with Crippen LogP contribution in [0.15, 0.2) is 30.3 Å². The summed E-state index contributed by atoms with van der Waals surface area (Å²) in [5.41, 5.74) is 4.08. The second kappa shape index (κ2) is 6.80. The lowest BCUT2D eigenvalue weighted by molar-refractivity contribution is 0.0189. The average molecular weight is 354 g/mol. The highest BCUT2D eigenvalue weighted by Gasteiger charge is 2.38. The Morgan fingerprint density at radius 1 is 1.27 bits per heavy atom. The average Bonchev–Trinajstić information content (AvgIpc) is 2.92. The molecule has 136 valence electrons. The number of hydrogen-bond acceptors (Lipinski definition) is 3. The van der Waals surface area contributed by atoms with Crippen LogP contribution in [0.2, 0.25) is 0 Å². The summed E-state index contributed by atoms with van der Waals surface area (Å²) < 4.78 is 13.4. The first-order valence-corrected chi connectivity index (χ1v) is 9.26. The molecule has 5 heteroatoms. The highest BCUT2D eigenvalue weighted by molar-refractivity contribution is 5.98. The number of amides is 1. The van der Waals surface area contributed by atoms with Gasteiger partial charge in [0.15, 0.2) is 0 Å². The largest absolute Gasteiger partial charge is 0.391 e. The zero-order valence-corrected chi connectivity index (χ0v) is 14.9. The predicted molar refractivity (Wildman–Crippen MR) is 96.3 cm³/mol. The van der Waals surface area contributed by atoms with Gasteiger partial charge in [-0.05, 0) is 55.5 Å². The van der Waals surface area contributed by atoms with E-state index in [9.17, 15) is 14.3 Å². The Bertz CT molecular complexity index is 852. The lowest BCUT2D eigenvalue weighted by Gasteiger charge is -2.34. The van der Waals surface area contributed by atoms with E-state index in [2.05, 4.69) is 4.98 Å². The van der Waals surface area contributed by atoms with E-state index in [1.54, 1.807) is 11.0 Å². The number of carbonyl (C=O) groups excluding carboxylic acids is 1. The molecule has 1 fully saturated rings. The molecule has 4 nitrogen and oxygen atoms in total. The van der Waals surface area contributed by atoms with Gasteiger partial charge in [0, 0.05) is 5.69 Å². The Balaban J connectivity index is 1.61. The minimum Gasteiger partial charge on any atom is -0.391 e. The standard InChI is InChI=1S/C21H23FN2O2/c1-13-15(9-14-5-4-6-16(22)10-14)11-17-18(23-13)12-24(21(17)26)19-7-2-3-8-20(19)25/h4-6,10-11,19-20,25H,2-3,7-9,12H2,1H3/t19-,20-/m0/s1. The van der Waals surface area contributed by atoms with Crippen molar-refractivity contribution in [2.24, 2.45) is 0 Å². The van der Waals surface area contributed by atoms with E-state index >= 15 is 0 Å². The van der Waals surface area contributed by atoms with Crippen LogP contribution in [-0.2, 0) is 13.0 Å². The van der Waals surface area contributed by atoms with E-state index < -0.39 is 6.10 Å². The van der Waals surface area contributed by atoms with E-state index in [0.717, 1.165) is 48.2 Å². The second-order valence-electron chi connectivity index (χ2n) is 7.39. The first-order valence-electron chi connectivity index (χ1n) is 9.26. The molecule has 0 unspecified atom stereocenters. The van der Waals surface area contributed by atoms with E-state index in [-0.39, 0.29) is 17.8 Å². The van der Waals surface area contributed by atoms with Gasteiger partial charge in [-0.2, -0.15) is 0 Å². The topological polar surface area (TPSA) is 53.4 Å². The van der Waals surface area contributed by atoms with Gasteiger partial charge in [0.25, 0.3) is 5.91 Å². The maximum absolute atomic E-state index is 13.4. The molecule has 1 amide bonds. The Hall–Kier alpha value is -2.27. The summed E-state index contributed by atoms with van der Waals surface area (Å²) in [5, 5.41) is 10.3. The molecule has 0 radical (unpaired) electrons. The molecule has 4 rings (SSSR count). The van der Waals surface area contributed by atoms with Crippen LogP contribution in [-0.4, -0.2) is 33.0 Å². The molecule has 1 saturated carbocycles. The maximum Gasteiger partial charge on any atom is 0.256 e. The van der Waals surface area contributed by atoms with Gasteiger partial charge in [-0.3, -0.25) is 9.78 Å². The van der Waals surface area contributed by atoms with Crippen molar-refractivity contribution in [2.75, 3.05) is 0 Å². The number of halogens is 1. The molecular formula is C21H23FN2O2. The molecule has 1 aromatic heterocycles. The summed E-state index contributed by atoms with van der Waals surface area (Å²) >= 11 is 0. The Kier molecular flexibility index (Phi) is 4.49. The number of hydrogen-bond donors (Lipinski definition) is 1. The zero-order chi connectivity index (χ0) is 18.3. The van der Waals surface area contributed by atoms with Crippen molar-refractivity contribution in [2.45, 2.75) is 57.7 Å². The third-order valence-corrected chi connectivity index (χ3v) is 5.59. The van der Waals surface area contributed by atoms with Gasteiger partial charge in [-0.25, -0.2) is 4.39 Å². The van der Waals surface area contributed by atoms with Gasteiger partial charge < -0.3 is 10.0 Å². The minimum atomic E-state index is -0.449. The van der Waals surface area contributed by atoms with Crippen molar-refractivity contribution in [3.8, 4) is 0 Å². The van der Waals surface area contributed by atoms with Crippen molar-refractivity contribution in [1.82, 2.24) is 9.88 Å². The smallest absolute Gasteiger partial charge is 0.256 e. The summed E-state index contributed by atoms with van der Waals surface area (Å²) in [7, 11) is 0. The van der Waals surface area contributed by atoms with Gasteiger partial charge in [0.05, 0.1) is 29.9 Å². The molecule has 1 aliphatic heterocycles. The molecule has 2 aromatic rings. The van der Waals surface area contributed by atoms with Gasteiger partial charge in [-0.15, -0.1) is 0 Å². The summed E-state index contributed by atoms with van der Waals surface area (Å²) in [6.45, 7) is 2.40. The van der Waals surface area contributed by atoms with Crippen LogP contribution in [0.3, 0.4) is 0 Å². The number of aromatic nitrogens is 1. The van der Waals surface area contributed by atoms with Crippen molar-refractivity contribution < 1.29 is 14.3 Å². The van der Waals surface area contributed by atoms with Gasteiger partial charge in [0.1, 0.15) is 5.82 Å². The quantitative estimate of drug-likeness (QED) is 0.919. The molecule has 1 aromatic carbocycles. The second-order valence-corrected chi connectivity index (χ2v) is 7.39. The predicted octanol–water partition coefficient (Wildman–Crippen LogP) is 3.38. The van der Waals surface area contributed by atoms with Crippen molar-refractivity contribution in [3.05, 3.63) is 64.2 Å². The molecular weight excluding hydrogens is 331 g/mol. The number of benzene rings is 1. The van der Waals surface area contributed by atoms with E-state index in [0.29, 0.717) is 18.5 Å². The molecule has 2 atom stereocenters. The van der Waals surface area contributed by atoms with Crippen LogP contribution < -0.4 is 0 Å². The fourth-order valence-corrected chi connectivity index (χ4v) is 4.16. The van der Waals surface area contributed by atoms with Gasteiger partial charge in [-0.1, -0.05) is 25.0 Å². The molecule has 26 heavy (non-hydrogen) atoms. The SMILES string of the molecule is Cc1nc2c(cc1Cc1cccc(F)c1)C(=O)N([C@H]1CCCC[C@@H]1O)C2. The fourth-order valence-electron chi connectivity index (χ4n) is 4.16. The lowest BCUT2D eigenvalue weighted by Crippen LogP contribution is -2.45. The van der Waals surface area contributed by atoms with Crippen LogP contribution in [0, 0.1) is 12.7 Å². The number of aliphatic hydroxyl groups is 1. The third-order valence-electron chi connectivity index (χ3n) is 5.59. The summed E-state index contributed by atoms with van der Waals surface area (Å²) in [6.07, 6.45) is 3.75. The van der Waals surface area contributed by atoms with E-state index in [1.807, 2.05) is 19.1 Å². The summed E-state index contributed by atoms with van der Waals surface area (Å²) in [5.74, 6) is -0.304. The highest BCUT2D eigenvalue weighted by Crippen LogP contribution is 2.31. The number of aliphatic hydroxyl groups excluding tert-OH is 1. The molecule has 1 N–H and O–H groups in total. The Labute approximate surface area is 152 Å². The van der Waals surface area contributed by atoms with E-state index in [1.165, 1.54) is 12.1 Å². The first-order chi connectivity index (χ1) is 12.5. The highest BCUT2D eigenvalue weighted by atomic mass is 19.1. The van der Waals surface area contributed by atoms with Crippen LogP contribution in [0.5, 0.6) is 0 Å². The molecule has 0 saturated heterocycles. The molecule has 2 aliphatic rings. The zero-order valence-electron chi connectivity index (χ0n) is 14.9. The molecule has 0 bridgehead atoms. The maximum atomic E-state index is 13.4. The number of pyridine rings is 1. The monoisotopic (exact) mass is 354 g/mol.